The Morgan fingerprint density at radius 2 is 1.74 bits per heavy atom. The lowest BCUT2D eigenvalue weighted by atomic mass is 10.2. The van der Waals surface area contributed by atoms with Crippen LogP contribution in [0.25, 0.3) is 0 Å². The van der Waals surface area contributed by atoms with E-state index in [1.165, 1.54) is 21.6 Å². The largest absolute Gasteiger partial charge is 0.491 e. The van der Waals surface area contributed by atoms with Crippen LogP contribution in [-0.4, -0.2) is 72.6 Å². The van der Waals surface area contributed by atoms with Crippen LogP contribution in [0.5, 0.6) is 5.75 Å². The molecule has 8 nitrogen and oxygen atoms in total. The molecule has 0 aliphatic carbocycles. The maximum Gasteiger partial charge on any atom is 0.490 e. The highest BCUT2D eigenvalue weighted by molar-refractivity contribution is 8.76. The second-order valence-electron chi connectivity index (χ2n) is 5.33. The van der Waals surface area contributed by atoms with E-state index in [4.69, 9.17) is 36.1 Å². The molecule has 1 rings (SSSR count). The number of amides is 1. The van der Waals surface area contributed by atoms with Crippen LogP contribution in [0.3, 0.4) is 0 Å². The van der Waals surface area contributed by atoms with Crippen LogP contribution >= 0.6 is 33.2 Å². The highest BCUT2D eigenvalue weighted by atomic mass is 35.5. The number of hydrogen-bond acceptors (Lipinski definition) is 7. The number of alkyl halides is 3. The molecule has 0 aromatic heterocycles. The molecule has 0 aliphatic rings. The van der Waals surface area contributed by atoms with Gasteiger partial charge in [0.25, 0.3) is 5.91 Å². The Kier molecular flexibility index (Phi) is 15.0. The van der Waals surface area contributed by atoms with Gasteiger partial charge in [-0.15, -0.1) is 0 Å². The zero-order valence-electron chi connectivity index (χ0n) is 16.2. The Hall–Kier alpha value is -1.83. The monoisotopic (exact) mass is 507 g/mol. The van der Waals surface area contributed by atoms with E-state index in [1.54, 1.807) is 25.3 Å². The third-order valence-corrected chi connectivity index (χ3v) is 5.66. The fourth-order valence-corrected chi connectivity index (χ4v) is 3.70. The minimum atomic E-state index is -5.08. The van der Waals surface area contributed by atoms with E-state index in [9.17, 15) is 22.8 Å². The molecule has 176 valence electrons. The van der Waals surface area contributed by atoms with Crippen LogP contribution in [0, 0.1) is 0 Å². The van der Waals surface area contributed by atoms with Crippen molar-refractivity contribution in [2.45, 2.75) is 12.6 Å². The number of carbonyl (C=O) groups is 3. The number of carbonyl (C=O) groups excluding carboxylic acids is 1. The fourth-order valence-electron chi connectivity index (χ4n) is 1.56. The van der Waals surface area contributed by atoms with Gasteiger partial charge in [-0.3, -0.25) is 9.59 Å². The molecule has 1 amide bonds. The van der Waals surface area contributed by atoms with Gasteiger partial charge in [0, 0.05) is 25.2 Å². The summed E-state index contributed by atoms with van der Waals surface area (Å²) in [4.78, 5) is 31.3. The molecule has 3 N–H and O–H groups in total. The highest BCUT2D eigenvalue weighted by Crippen LogP contribution is 2.23. The lowest BCUT2D eigenvalue weighted by molar-refractivity contribution is -0.192. The summed E-state index contributed by atoms with van der Waals surface area (Å²) >= 11 is 6.11. The number of aliphatic carboxylic acids is 2. The Bertz CT molecular complexity index is 723. The van der Waals surface area contributed by atoms with Crippen molar-refractivity contribution in [2.24, 2.45) is 0 Å². The average molecular weight is 508 g/mol. The second kappa shape index (κ2) is 15.9. The smallest absolute Gasteiger partial charge is 0.490 e. The van der Waals surface area contributed by atoms with Crippen molar-refractivity contribution >= 4 is 51.0 Å². The first-order valence-electron chi connectivity index (χ1n) is 8.44. The van der Waals surface area contributed by atoms with Crippen LogP contribution in [-0.2, 0) is 14.3 Å². The molecule has 0 atom stereocenters. The van der Waals surface area contributed by atoms with E-state index in [1.807, 2.05) is 0 Å². The predicted molar refractivity (Wildman–Crippen MR) is 112 cm³/mol. The Morgan fingerprint density at radius 3 is 2.26 bits per heavy atom. The minimum Gasteiger partial charge on any atom is -0.491 e. The summed E-state index contributed by atoms with van der Waals surface area (Å²) in [5.41, 5.74) is 0.388. The van der Waals surface area contributed by atoms with Gasteiger partial charge in [0.05, 0.1) is 23.6 Å². The first kappa shape index (κ1) is 29.2. The fraction of sp³-hybridized carbons (Fsp3) is 0.471. The molecule has 0 spiro atoms. The minimum absolute atomic E-state index is 0.137. The summed E-state index contributed by atoms with van der Waals surface area (Å²) in [6, 6.07) is 4.91. The van der Waals surface area contributed by atoms with Gasteiger partial charge in [0.2, 0.25) is 0 Å². The van der Waals surface area contributed by atoms with E-state index in [-0.39, 0.29) is 12.3 Å². The number of halogens is 4. The number of carboxylic acid groups (broad SMARTS) is 2. The third kappa shape index (κ3) is 14.7. The summed E-state index contributed by atoms with van der Waals surface area (Å²) in [5, 5.41) is 18.7. The molecule has 14 heteroatoms. The summed E-state index contributed by atoms with van der Waals surface area (Å²) < 4.78 is 42.1. The van der Waals surface area contributed by atoms with E-state index >= 15 is 0 Å². The number of nitrogens with one attached hydrogen (secondary N) is 1. The van der Waals surface area contributed by atoms with Crippen molar-refractivity contribution in [1.29, 1.82) is 0 Å². The van der Waals surface area contributed by atoms with Gasteiger partial charge in [-0.25, -0.2) is 4.79 Å². The van der Waals surface area contributed by atoms with Crippen LogP contribution < -0.4 is 10.1 Å². The number of hydrogen-bond donors (Lipinski definition) is 3. The predicted octanol–water partition coefficient (Wildman–Crippen LogP) is 3.58. The van der Waals surface area contributed by atoms with Gasteiger partial charge in [-0.05, 0) is 18.2 Å². The molecule has 0 bridgehead atoms. The first-order chi connectivity index (χ1) is 14.5. The molecule has 1 aromatic rings. The van der Waals surface area contributed by atoms with E-state index in [0.29, 0.717) is 47.6 Å². The number of methoxy groups -OCH3 is 1. The first-order valence-corrected chi connectivity index (χ1v) is 11.3. The number of carboxylic acids is 2. The number of rotatable bonds is 12. The van der Waals surface area contributed by atoms with Crippen molar-refractivity contribution in [3.8, 4) is 5.75 Å². The van der Waals surface area contributed by atoms with Crippen molar-refractivity contribution in [3.63, 3.8) is 0 Å². The number of benzene rings is 1. The quantitative estimate of drug-likeness (QED) is 0.288. The SMILES string of the molecule is COCCOc1ccc(C(=O)NCCSSCCC(=O)O)c(Cl)c1.O=C(O)C(F)(F)F. The maximum atomic E-state index is 12.1. The van der Waals surface area contributed by atoms with Crippen LogP contribution in [0.15, 0.2) is 18.2 Å². The second-order valence-corrected chi connectivity index (χ2v) is 8.44. The molecule has 31 heavy (non-hydrogen) atoms. The maximum absolute atomic E-state index is 12.1. The summed E-state index contributed by atoms with van der Waals surface area (Å²) in [6.45, 7) is 1.36. The topological polar surface area (TPSA) is 122 Å². The molecular weight excluding hydrogens is 487 g/mol. The van der Waals surface area contributed by atoms with Crippen LogP contribution in [0.1, 0.15) is 16.8 Å². The summed E-state index contributed by atoms with van der Waals surface area (Å²) in [7, 11) is 4.59. The van der Waals surface area contributed by atoms with Crippen molar-refractivity contribution in [3.05, 3.63) is 28.8 Å². The standard InChI is InChI=1S/C15H20ClNO5S2.C2HF3O2/c1-21-6-7-22-11-2-3-12(13(16)10-11)15(20)17-5-9-24-23-8-4-14(18)19;3-2(4,5)1(6)7/h2-3,10H,4-9H2,1H3,(H,17,20)(H,18,19);(H,6,7). The van der Waals surface area contributed by atoms with Gasteiger partial charge < -0.3 is 25.0 Å². The molecule has 0 aliphatic heterocycles. The van der Waals surface area contributed by atoms with Gasteiger partial charge in [0.15, 0.2) is 0 Å². The highest BCUT2D eigenvalue weighted by Gasteiger charge is 2.38. The van der Waals surface area contributed by atoms with E-state index in [2.05, 4.69) is 5.32 Å². The molecule has 0 heterocycles. The zero-order valence-corrected chi connectivity index (χ0v) is 18.6. The molecule has 0 radical (unpaired) electrons. The zero-order chi connectivity index (χ0) is 23.9. The Balaban J connectivity index is 0.00000110. The molecule has 0 fully saturated rings. The van der Waals surface area contributed by atoms with Crippen molar-refractivity contribution in [1.82, 2.24) is 5.32 Å². The van der Waals surface area contributed by atoms with Crippen molar-refractivity contribution in [2.75, 3.05) is 38.4 Å². The summed E-state index contributed by atoms with van der Waals surface area (Å²) in [5.74, 6) is -2.00. The average Bonchev–Trinajstić information content (AvgIpc) is 2.67. The van der Waals surface area contributed by atoms with E-state index < -0.39 is 18.1 Å². The Morgan fingerprint density at radius 1 is 1.13 bits per heavy atom. The van der Waals surface area contributed by atoms with Gasteiger partial charge in [-0.2, -0.15) is 13.2 Å². The molecular formula is C17H21ClF3NO7S2. The molecule has 0 saturated heterocycles. The summed E-state index contributed by atoms with van der Waals surface area (Å²) in [6.07, 6.45) is -4.95. The lowest BCUT2D eigenvalue weighted by Crippen LogP contribution is -2.25. The number of ether oxygens (including phenoxy) is 2. The van der Waals surface area contributed by atoms with Gasteiger partial charge >= 0.3 is 18.1 Å². The normalized spacial score (nSPS) is 10.6. The van der Waals surface area contributed by atoms with Gasteiger partial charge in [-0.1, -0.05) is 33.2 Å². The Labute approximate surface area is 189 Å². The van der Waals surface area contributed by atoms with Crippen LogP contribution in [0.2, 0.25) is 5.02 Å². The lowest BCUT2D eigenvalue weighted by Gasteiger charge is -2.09. The molecule has 0 unspecified atom stereocenters. The van der Waals surface area contributed by atoms with Crippen molar-refractivity contribution < 1.29 is 47.2 Å². The molecule has 0 saturated carbocycles. The third-order valence-electron chi connectivity index (χ3n) is 2.94. The van der Waals surface area contributed by atoms with Crippen LogP contribution in [0.4, 0.5) is 13.2 Å². The molecule has 1 aromatic carbocycles. The van der Waals surface area contributed by atoms with E-state index in [0.717, 1.165) is 0 Å². The van der Waals surface area contributed by atoms with Gasteiger partial charge in [0.1, 0.15) is 12.4 Å².